The van der Waals surface area contributed by atoms with Crippen LogP contribution in [0, 0.1) is 5.41 Å². The highest BCUT2D eigenvalue weighted by Crippen LogP contribution is 2.20. The third-order valence-corrected chi connectivity index (χ3v) is 2.18. The normalized spacial score (nSPS) is 13.2. The van der Waals surface area contributed by atoms with Crippen molar-refractivity contribution in [2.45, 2.75) is 33.3 Å². The summed E-state index contributed by atoms with van der Waals surface area (Å²) in [7, 11) is 1.56. The molecule has 96 valence electrons. The first-order valence-corrected chi connectivity index (χ1v) is 5.70. The Labute approximate surface area is 102 Å². The van der Waals surface area contributed by atoms with Crippen LogP contribution in [-0.2, 0) is 0 Å². The van der Waals surface area contributed by atoms with Gasteiger partial charge in [0.2, 0.25) is 11.8 Å². The molecule has 1 aromatic rings. The molecule has 17 heavy (non-hydrogen) atoms. The van der Waals surface area contributed by atoms with Crippen molar-refractivity contribution in [3.63, 3.8) is 0 Å². The summed E-state index contributed by atoms with van der Waals surface area (Å²) in [4.78, 5) is 8.15. The standard InChI is InChI=1S/C12H21N3O2/c1-12(2,3)7-9(16)8-14-11-13-6-5-10(15-11)17-4/h5-6,9,16H,7-8H2,1-4H3,(H,13,14,15). The highest BCUT2D eigenvalue weighted by Gasteiger charge is 2.16. The fourth-order valence-electron chi connectivity index (χ4n) is 1.53. The van der Waals surface area contributed by atoms with Gasteiger partial charge in [-0.25, -0.2) is 4.98 Å². The van der Waals surface area contributed by atoms with Crippen molar-refractivity contribution in [1.82, 2.24) is 9.97 Å². The van der Waals surface area contributed by atoms with Crippen LogP contribution in [0.4, 0.5) is 5.95 Å². The average Bonchev–Trinajstić information content (AvgIpc) is 2.24. The second-order valence-corrected chi connectivity index (χ2v) is 5.22. The summed E-state index contributed by atoms with van der Waals surface area (Å²) in [5.74, 6) is 0.977. The van der Waals surface area contributed by atoms with E-state index in [1.165, 1.54) is 0 Å². The quantitative estimate of drug-likeness (QED) is 0.818. The molecule has 0 amide bonds. The van der Waals surface area contributed by atoms with Crippen LogP contribution in [0.3, 0.4) is 0 Å². The van der Waals surface area contributed by atoms with E-state index >= 15 is 0 Å². The Bertz CT molecular complexity index is 350. The number of nitrogens with one attached hydrogen (secondary N) is 1. The van der Waals surface area contributed by atoms with Gasteiger partial charge in [-0.3, -0.25) is 0 Å². The zero-order valence-electron chi connectivity index (χ0n) is 10.9. The van der Waals surface area contributed by atoms with E-state index < -0.39 is 6.10 Å². The number of aliphatic hydroxyl groups excluding tert-OH is 1. The van der Waals surface area contributed by atoms with Gasteiger partial charge in [0.1, 0.15) is 0 Å². The minimum atomic E-state index is -0.412. The monoisotopic (exact) mass is 239 g/mol. The topological polar surface area (TPSA) is 67.3 Å². The number of nitrogens with zero attached hydrogens (tertiary/aromatic N) is 2. The molecule has 1 rings (SSSR count). The largest absolute Gasteiger partial charge is 0.481 e. The summed E-state index contributed by atoms with van der Waals surface area (Å²) in [6, 6.07) is 1.68. The number of hydrogen-bond donors (Lipinski definition) is 2. The van der Waals surface area contributed by atoms with Crippen LogP contribution in [0.25, 0.3) is 0 Å². The van der Waals surface area contributed by atoms with E-state index in [1.54, 1.807) is 19.4 Å². The Morgan fingerprint density at radius 3 is 2.76 bits per heavy atom. The maximum Gasteiger partial charge on any atom is 0.226 e. The Kier molecular flexibility index (Phi) is 4.69. The van der Waals surface area contributed by atoms with Crippen molar-refractivity contribution >= 4 is 5.95 Å². The van der Waals surface area contributed by atoms with Crippen molar-refractivity contribution in [1.29, 1.82) is 0 Å². The fraction of sp³-hybridized carbons (Fsp3) is 0.667. The third kappa shape index (κ3) is 5.49. The number of aromatic nitrogens is 2. The van der Waals surface area contributed by atoms with E-state index in [0.717, 1.165) is 6.42 Å². The second-order valence-electron chi connectivity index (χ2n) is 5.22. The van der Waals surface area contributed by atoms with Crippen LogP contribution in [-0.4, -0.2) is 34.8 Å². The van der Waals surface area contributed by atoms with Gasteiger partial charge in [-0.1, -0.05) is 20.8 Å². The number of hydrogen-bond acceptors (Lipinski definition) is 5. The molecule has 5 nitrogen and oxygen atoms in total. The maximum atomic E-state index is 9.82. The van der Waals surface area contributed by atoms with Gasteiger partial charge in [-0.05, 0) is 11.8 Å². The van der Waals surface area contributed by atoms with Crippen molar-refractivity contribution in [2.75, 3.05) is 19.0 Å². The van der Waals surface area contributed by atoms with Gasteiger partial charge in [0.15, 0.2) is 0 Å². The molecule has 0 fully saturated rings. The van der Waals surface area contributed by atoms with E-state index in [1.807, 2.05) is 0 Å². The molecule has 1 heterocycles. The molecule has 1 aromatic heterocycles. The minimum absolute atomic E-state index is 0.107. The first-order chi connectivity index (χ1) is 7.90. The van der Waals surface area contributed by atoms with E-state index in [-0.39, 0.29) is 5.41 Å². The molecular weight excluding hydrogens is 218 g/mol. The first kappa shape index (κ1) is 13.7. The average molecular weight is 239 g/mol. The summed E-state index contributed by atoms with van der Waals surface area (Å²) in [6.45, 7) is 6.72. The van der Waals surface area contributed by atoms with Crippen LogP contribution in [0.15, 0.2) is 12.3 Å². The van der Waals surface area contributed by atoms with Gasteiger partial charge in [0.05, 0.1) is 13.2 Å². The van der Waals surface area contributed by atoms with Crippen LogP contribution in [0.2, 0.25) is 0 Å². The number of rotatable bonds is 5. The molecule has 0 bridgehead atoms. The lowest BCUT2D eigenvalue weighted by molar-refractivity contribution is 0.132. The molecule has 0 aliphatic carbocycles. The van der Waals surface area contributed by atoms with Gasteiger partial charge in [-0.2, -0.15) is 4.98 Å². The summed E-state index contributed by atoms with van der Waals surface area (Å²) in [6.07, 6.45) is 1.93. The maximum absolute atomic E-state index is 9.82. The number of anilines is 1. The minimum Gasteiger partial charge on any atom is -0.481 e. The molecule has 0 saturated carbocycles. The van der Waals surface area contributed by atoms with Crippen molar-refractivity contribution in [2.24, 2.45) is 5.41 Å². The van der Waals surface area contributed by atoms with Crippen LogP contribution in [0.5, 0.6) is 5.88 Å². The molecule has 1 unspecified atom stereocenters. The molecule has 1 atom stereocenters. The summed E-state index contributed by atoms with van der Waals surface area (Å²) in [5.41, 5.74) is 0.107. The van der Waals surface area contributed by atoms with Crippen LogP contribution < -0.4 is 10.1 Å². The number of aliphatic hydroxyl groups is 1. The lowest BCUT2D eigenvalue weighted by Crippen LogP contribution is -2.25. The molecular formula is C12H21N3O2. The summed E-state index contributed by atoms with van der Waals surface area (Å²) in [5, 5.41) is 12.8. The summed E-state index contributed by atoms with van der Waals surface area (Å²) < 4.78 is 4.99. The zero-order chi connectivity index (χ0) is 12.9. The molecule has 0 saturated heterocycles. The van der Waals surface area contributed by atoms with Gasteiger partial charge >= 0.3 is 0 Å². The van der Waals surface area contributed by atoms with Gasteiger partial charge in [-0.15, -0.1) is 0 Å². The smallest absolute Gasteiger partial charge is 0.226 e. The second kappa shape index (κ2) is 5.82. The van der Waals surface area contributed by atoms with E-state index in [2.05, 4.69) is 36.1 Å². The number of ether oxygens (including phenoxy) is 1. The fourth-order valence-corrected chi connectivity index (χ4v) is 1.53. The van der Waals surface area contributed by atoms with Crippen LogP contribution in [0.1, 0.15) is 27.2 Å². The Morgan fingerprint density at radius 1 is 1.47 bits per heavy atom. The molecule has 0 aromatic carbocycles. The Morgan fingerprint density at radius 2 is 2.18 bits per heavy atom. The predicted octanol–water partition coefficient (Wildman–Crippen LogP) is 1.69. The predicted molar refractivity (Wildman–Crippen MR) is 67.2 cm³/mol. The lowest BCUT2D eigenvalue weighted by Gasteiger charge is -2.22. The van der Waals surface area contributed by atoms with E-state index in [4.69, 9.17) is 4.74 Å². The van der Waals surface area contributed by atoms with Crippen molar-refractivity contribution in [3.05, 3.63) is 12.3 Å². The molecule has 0 aliphatic rings. The summed E-state index contributed by atoms with van der Waals surface area (Å²) >= 11 is 0. The molecule has 2 N–H and O–H groups in total. The number of methoxy groups -OCH3 is 1. The van der Waals surface area contributed by atoms with E-state index in [9.17, 15) is 5.11 Å². The van der Waals surface area contributed by atoms with Crippen molar-refractivity contribution < 1.29 is 9.84 Å². The molecule has 0 aliphatic heterocycles. The first-order valence-electron chi connectivity index (χ1n) is 5.70. The van der Waals surface area contributed by atoms with Gasteiger partial charge in [0.25, 0.3) is 0 Å². The molecule has 0 spiro atoms. The Balaban J connectivity index is 2.44. The lowest BCUT2D eigenvalue weighted by atomic mass is 9.89. The van der Waals surface area contributed by atoms with Gasteiger partial charge < -0.3 is 15.2 Å². The van der Waals surface area contributed by atoms with Gasteiger partial charge in [0, 0.05) is 18.8 Å². The zero-order valence-corrected chi connectivity index (χ0v) is 10.9. The third-order valence-electron chi connectivity index (χ3n) is 2.18. The molecule has 0 radical (unpaired) electrons. The van der Waals surface area contributed by atoms with Crippen molar-refractivity contribution in [3.8, 4) is 5.88 Å². The molecule has 5 heteroatoms. The van der Waals surface area contributed by atoms with Crippen LogP contribution >= 0.6 is 0 Å². The highest BCUT2D eigenvalue weighted by molar-refractivity contribution is 5.27. The Hall–Kier alpha value is -1.36. The SMILES string of the molecule is COc1ccnc(NCC(O)CC(C)(C)C)n1. The van der Waals surface area contributed by atoms with E-state index in [0.29, 0.717) is 18.4 Å². The highest BCUT2D eigenvalue weighted by atomic mass is 16.5.